The number of aromatic nitrogens is 4. The molecule has 0 amide bonds. The minimum absolute atomic E-state index is 0.276. The van der Waals surface area contributed by atoms with E-state index in [0.717, 1.165) is 134 Å². The Morgan fingerprint density at radius 2 is 0.681 bits per heavy atom. The van der Waals surface area contributed by atoms with E-state index in [9.17, 15) is 15.8 Å². The Bertz CT molecular complexity index is 5410. The number of anilines is 6. The van der Waals surface area contributed by atoms with E-state index in [1.54, 1.807) is 0 Å². The van der Waals surface area contributed by atoms with Crippen molar-refractivity contribution in [1.82, 2.24) is 19.5 Å². The normalized spacial score (nSPS) is 11.9. The van der Waals surface area contributed by atoms with Gasteiger partial charge >= 0.3 is 0 Å². The smallest absolute Gasteiger partial charge is 0.252 e. The van der Waals surface area contributed by atoms with Gasteiger partial charge in [-0.2, -0.15) is 15.8 Å². The number of nitriles is 3. The van der Waals surface area contributed by atoms with Gasteiger partial charge in [-0.25, -0.2) is 15.0 Å². The van der Waals surface area contributed by atoms with Crippen molar-refractivity contribution < 1.29 is 0 Å². The molecule has 4 heterocycles. The molecule has 0 N–H and O–H groups in total. The highest BCUT2D eigenvalue weighted by molar-refractivity contribution is 7.00. The zero-order valence-corrected chi connectivity index (χ0v) is 50.5. The first-order chi connectivity index (χ1) is 46.4. The fourth-order valence-electron chi connectivity index (χ4n) is 13.9. The lowest BCUT2D eigenvalue weighted by Crippen LogP contribution is -2.61. The number of hydrogen-bond donors (Lipinski definition) is 0. The maximum absolute atomic E-state index is 10.7. The molecular formula is C84H50BN9. The summed E-state index contributed by atoms with van der Waals surface area (Å²) in [5, 5.41) is 34.0. The van der Waals surface area contributed by atoms with Crippen LogP contribution in [0.4, 0.5) is 34.1 Å². The topological polar surface area (TPSA) is 121 Å². The molecule has 9 nitrogen and oxygen atoms in total. The molecule has 0 saturated heterocycles. The van der Waals surface area contributed by atoms with Crippen LogP contribution in [-0.2, 0) is 0 Å². The van der Waals surface area contributed by atoms with Gasteiger partial charge < -0.3 is 14.4 Å². The van der Waals surface area contributed by atoms with Crippen LogP contribution in [0.3, 0.4) is 0 Å². The van der Waals surface area contributed by atoms with Crippen molar-refractivity contribution in [3.8, 4) is 103 Å². The standard InChI is InChI=1S/C84H50BN9/c86-51-54-28-42-75(71(44-54)84-90-82(62-22-12-4-13-23-62)89-83(91-84)63-24-14-5-15-25-63)94-74-43-34-64(47-70(74)69-39-33-65(48-76(69)94)59-20-10-3-11-21-59)66-49-79-81-80(50-66)93(68-37-31-61(32-38-68)58-18-8-2-9-19-58)78-46-56(53-88)27-41-73(78)85(81)72-40-26-55(52-87)45-77(72)92(79)67-35-29-60(30-36-67)57-16-6-1-7-17-57/h1-50H. The molecule has 0 bridgehead atoms. The van der Waals surface area contributed by atoms with E-state index in [0.29, 0.717) is 39.7 Å². The lowest BCUT2D eigenvalue weighted by Gasteiger charge is -2.44. The van der Waals surface area contributed by atoms with Crippen LogP contribution in [0.5, 0.6) is 0 Å². The van der Waals surface area contributed by atoms with E-state index in [2.05, 4.69) is 215 Å². The van der Waals surface area contributed by atoms with E-state index in [4.69, 9.17) is 15.0 Å². The number of hydrogen-bond acceptors (Lipinski definition) is 8. The van der Waals surface area contributed by atoms with E-state index in [1.165, 1.54) is 0 Å². The molecule has 0 saturated carbocycles. The van der Waals surface area contributed by atoms with Crippen LogP contribution in [0, 0.1) is 34.0 Å². The molecule has 434 valence electrons. The second-order valence-electron chi connectivity index (χ2n) is 23.7. The quantitative estimate of drug-likeness (QED) is 0.124. The summed E-state index contributed by atoms with van der Waals surface area (Å²) >= 11 is 0. The fourth-order valence-corrected chi connectivity index (χ4v) is 13.9. The first-order valence-corrected chi connectivity index (χ1v) is 31.2. The summed E-state index contributed by atoms with van der Waals surface area (Å²) < 4.78 is 2.29. The average Bonchev–Trinajstić information content (AvgIpc) is 0.780. The van der Waals surface area contributed by atoms with Gasteiger partial charge in [0.1, 0.15) is 0 Å². The number of benzene rings is 13. The third kappa shape index (κ3) is 9.36. The van der Waals surface area contributed by atoms with Gasteiger partial charge in [-0.1, -0.05) is 206 Å². The van der Waals surface area contributed by atoms with Crippen molar-refractivity contribution in [1.29, 1.82) is 15.8 Å². The van der Waals surface area contributed by atoms with Crippen LogP contribution in [0.2, 0.25) is 0 Å². The van der Waals surface area contributed by atoms with Crippen molar-refractivity contribution in [2.24, 2.45) is 0 Å². The molecule has 2 aliphatic heterocycles. The van der Waals surface area contributed by atoms with E-state index < -0.39 is 0 Å². The SMILES string of the molecule is N#Cc1ccc(-n2c3ccc(-c4cc5c6c(c4)N(c4ccc(-c7ccccc7)cc4)c4cc(C#N)ccc4B6c4ccc(C#N)cc4N5c4ccc(-c5ccccc5)cc4)cc3c3ccc(-c4ccccc4)cc32)c(-c2nc(-c3ccccc3)nc(-c3ccccc3)n2)c1. The molecule has 10 heteroatoms. The van der Waals surface area contributed by atoms with Gasteiger partial charge in [0.25, 0.3) is 6.71 Å². The van der Waals surface area contributed by atoms with Crippen LogP contribution in [0.25, 0.3) is 106 Å². The van der Waals surface area contributed by atoms with Gasteiger partial charge in [-0.3, -0.25) is 0 Å². The molecule has 0 atom stereocenters. The van der Waals surface area contributed by atoms with Crippen LogP contribution in [0.1, 0.15) is 16.7 Å². The summed E-state index contributed by atoms with van der Waals surface area (Å²) in [6, 6.07) is 112. The molecule has 0 radical (unpaired) electrons. The third-order valence-electron chi connectivity index (χ3n) is 18.3. The van der Waals surface area contributed by atoms with Crippen molar-refractivity contribution in [3.63, 3.8) is 0 Å². The van der Waals surface area contributed by atoms with Gasteiger partial charge in [0.05, 0.1) is 51.6 Å². The Labute approximate surface area is 543 Å². The average molecular weight is 1200 g/mol. The summed E-state index contributed by atoms with van der Waals surface area (Å²) in [5.74, 6) is 1.46. The zero-order valence-electron chi connectivity index (χ0n) is 50.5. The highest BCUT2D eigenvalue weighted by atomic mass is 15.2. The Balaban J connectivity index is 0.924. The molecule has 94 heavy (non-hydrogen) atoms. The molecule has 17 rings (SSSR count). The predicted molar refractivity (Wildman–Crippen MR) is 380 cm³/mol. The minimum atomic E-state index is -0.276. The summed E-state index contributed by atoms with van der Waals surface area (Å²) in [4.78, 5) is 20.2. The Hall–Kier alpha value is -13.2. The van der Waals surface area contributed by atoms with Crippen LogP contribution in [0.15, 0.2) is 303 Å². The van der Waals surface area contributed by atoms with Gasteiger partial charge in [0, 0.05) is 61.6 Å². The lowest BCUT2D eigenvalue weighted by molar-refractivity contribution is 1.06. The monoisotopic (exact) mass is 1200 g/mol. The Kier molecular flexibility index (Phi) is 13.3. The first kappa shape index (κ1) is 54.9. The number of fused-ring (bicyclic) bond motifs is 7. The maximum Gasteiger partial charge on any atom is 0.252 e. The minimum Gasteiger partial charge on any atom is -0.311 e. The molecule has 15 aromatic rings. The van der Waals surface area contributed by atoms with Crippen molar-refractivity contribution in [2.75, 3.05) is 9.80 Å². The summed E-state index contributed by atoms with van der Waals surface area (Å²) in [6.45, 7) is -0.276. The second kappa shape index (κ2) is 22.7. The second-order valence-corrected chi connectivity index (χ2v) is 23.7. The van der Waals surface area contributed by atoms with Crippen LogP contribution >= 0.6 is 0 Å². The van der Waals surface area contributed by atoms with Crippen molar-refractivity contribution in [2.45, 2.75) is 0 Å². The molecule has 0 spiro atoms. The molecule has 0 unspecified atom stereocenters. The van der Waals surface area contributed by atoms with Crippen molar-refractivity contribution in [3.05, 3.63) is 320 Å². The van der Waals surface area contributed by atoms with Gasteiger partial charge in [-0.05, 0) is 158 Å². The zero-order chi connectivity index (χ0) is 62.8. The molecule has 0 fully saturated rings. The van der Waals surface area contributed by atoms with E-state index >= 15 is 0 Å². The summed E-state index contributed by atoms with van der Waals surface area (Å²) in [6.07, 6.45) is 0. The summed E-state index contributed by atoms with van der Waals surface area (Å²) in [5.41, 5.74) is 23.9. The third-order valence-corrected chi connectivity index (χ3v) is 18.3. The number of nitrogens with zero attached hydrogens (tertiary/aromatic N) is 9. The first-order valence-electron chi connectivity index (χ1n) is 31.2. The molecule has 2 aliphatic rings. The lowest BCUT2D eigenvalue weighted by atomic mass is 9.33. The molecule has 0 aliphatic carbocycles. The Morgan fingerprint density at radius 1 is 0.277 bits per heavy atom. The molecule has 2 aromatic heterocycles. The van der Waals surface area contributed by atoms with Crippen LogP contribution < -0.4 is 26.2 Å². The van der Waals surface area contributed by atoms with E-state index in [1.807, 2.05) is 121 Å². The van der Waals surface area contributed by atoms with Crippen LogP contribution in [-0.4, -0.2) is 26.2 Å². The van der Waals surface area contributed by atoms with E-state index in [-0.39, 0.29) is 6.71 Å². The largest absolute Gasteiger partial charge is 0.311 e. The Morgan fingerprint density at radius 3 is 1.17 bits per heavy atom. The van der Waals surface area contributed by atoms with Gasteiger partial charge in [-0.15, -0.1) is 0 Å². The van der Waals surface area contributed by atoms with Crippen molar-refractivity contribution >= 4 is 79.0 Å². The number of rotatable bonds is 10. The predicted octanol–water partition coefficient (Wildman–Crippen LogP) is 18.3. The van der Waals surface area contributed by atoms with Gasteiger partial charge in [0.15, 0.2) is 17.5 Å². The summed E-state index contributed by atoms with van der Waals surface area (Å²) in [7, 11) is 0. The highest BCUT2D eigenvalue weighted by Crippen LogP contribution is 2.48. The fraction of sp³-hybridized carbons (Fsp3) is 0. The molecular weight excluding hydrogens is 1150 g/mol. The maximum atomic E-state index is 10.7. The highest BCUT2D eigenvalue weighted by Gasteiger charge is 2.44. The van der Waals surface area contributed by atoms with Gasteiger partial charge in [0.2, 0.25) is 0 Å². The molecule has 13 aromatic carbocycles.